The topological polar surface area (TPSA) is 87.1 Å². The molecule has 2 N–H and O–H groups in total. The third-order valence-electron chi connectivity index (χ3n) is 3.44. The van der Waals surface area contributed by atoms with Crippen LogP contribution in [0.25, 0.3) is 0 Å². The van der Waals surface area contributed by atoms with Crippen molar-refractivity contribution in [2.45, 2.75) is 38.6 Å². The van der Waals surface area contributed by atoms with E-state index >= 15 is 0 Å². The van der Waals surface area contributed by atoms with Crippen LogP contribution in [0.3, 0.4) is 0 Å². The zero-order valence-corrected chi connectivity index (χ0v) is 13.0. The number of nitrogens with zero attached hydrogens (tertiary/aromatic N) is 1. The summed E-state index contributed by atoms with van der Waals surface area (Å²) >= 11 is 0. The van der Waals surface area contributed by atoms with E-state index in [2.05, 4.69) is 0 Å². The average Bonchev–Trinajstić information content (AvgIpc) is 2.51. The number of benzene rings is 1. The minimum absolute atomic E-state index is 0.114. The van der Waals surface area contributed by atoms with Gasteiger partial charge in [-0.25, -0.2) is 9.59 Å². The normalized spacial score (nSPS) is 11.7. The lowest BCUT2D eigenvalue weighted by molar-refractivity contribution is -0.142. The van der Waals surface area contributed by atoms with Crippen molar-refractivity contribution < 1.29 is 24.5 Å². The van der Waals surface area contributed by atoms with Gasteiger partial charge in [0, 0.05) is 13.0 Å². The molecule has 1 atom stereocenters. The Morgan fingerprint density at radius 1 is 1.23 bits per heavy atom. The largest absolute Gasteiger partial charge is 0.508 e. The Morgan fingerprint density at radius 3 is 2.36 bits per heavy atom. The summed E-state index contributed by atoms with van der Waals surface area (Å²) in [6.07, 6.45) is 2.15. The molecular formula is C16H23NO5. The summed E-state index contributed by atoms with van der Waals surface area (Å²) in [5.74, 6) is -0.960. The molecule has 0 spiro atoms. The van der Waals surface area contributed by atoms with Gasteiger partial charge in [-0.1, -0.05) is 31.9 Å². The lowest BCUT2D eigenvalue weighted by Crippen LogP contribution is -2.46. The van der Waals surface area contributed by atoms with Crippen molar-refractivity contribution in [2.24, 2.45) is 0 Å². The van der Waals surface area contributed by atoms with Crippen LogP contribution in [0.5, 0.6) is 5.75 Å². The second-order valence-corrected chi connectivity index (χ2v) is 5.10. The molecule has 0 radical (unpaired) electrons. The second-order valence-electron chi connectivity index (χ2n) is 5.10. The van der Waals surface area contributed by atoms with Crippen LogP contribution in [-0.4, -0.2) is 46.9 Å². The van der Waals surface area contributed by atoms with E-state index in [0.717, 1.165) is 24.8 Å². The minimum atomic E-state index is -1.07. The highest BCUT2D eigenvalue weighted by atomic mass is 16.5. The summed E-state index contributed by atoms with van der Waals surface area (Å²) in [5.41, 5.74) is 0.731. The quantitative estimate of drug-likeness (QED) is 0.721. The summed E-state index contributed by atoms with van der Waals surface area (Å²) in [7, 11) is 1.24. The lowest BCUT2D eigenvalue weighted by atomic mass is 10.0. The molecule has 0 aliphatic rings. The van der Waals surface area contributed by atoms with Crippen molar-refractivity contribution >= 4 is 12.1 Å². The van der Waals surface area contributed by atoms with Gasteiger partial charge in [0.15, 0.2) is 0 Å². The first-order valence-corrected chi connectivity index (χ1v) is 7.34. The molecule has 0 aromatic heterocycles. The fourth-order valence-electron chi connectivity index (χ4n) is 2.21. The van der Waals surface area contributed by atoms with E-state index in [1.165, 1.54) is 24.1 Å². The molecule has 122 valence electrons. The van der Waals surface area contributed by atoms with Crippen LogP contribution in [0.4, 0.5) is 4.79 Å². The molecule has 1 aromatic rings. The second kappa shape index (κ2) is 8.92. The molecule has 6 heteroatoms. The number of carboxylic acid groups (broad SMARTS) is 1. The summed E-state index contributed by atoms with van der Waals surface area (Å²) in [6, 6.07) is 5.29. The highest BCUT2D eigenvalue weighted by Gasteiger charge is 2.30. The molecule has 0 heterocycles. The van der Waals surface area contributed by atoms with Crippen LogP contribution in [-0.2, 0) is 16.0 Å². The maximum Gasteiger partial charge on any atom is 0.410 e. The van der Waals surface area contributed by atoms with Crippen molar-refractivity contribution in [3.63, 3.8) is 0 Å². The molecular weight excluding hydrogens is 286 g/mol. The van der Waals surface area contributed by atoms with Crippen LogP contribution in [0, 0.1) is 0 Å². The number of ether oxygens (including phenoxy) is 1. The highest BCUT2D eigenvalue weighted by molar-refractivity contribution is 5.80. The Morgan fingerprint density at radius 2 is 1.86 bits per heavy atom. The molecule has 22 heavy (non-hydrogen) atoms. The SMILES string of the molecule is CCCCCN(C(=O)OC)C(Cc1ccc(O)cc1)C(=O)O. The monoisotopic (exact) mass is 309 g/mol. The maximum absolute atomic E-state index is 11.9. The third kappa shape index (κ3) is 5.27. The highest BCUT2D eigenvalue weighted by Crippen LogP contribution is 2.15. The predicted molar refractivity (Wildman–Crippen MR) is 81.9 cm³/mol. The molecule has 0 bridgehead atoms. The Labute approximate surface area is 130 Å². The fraction of sp³-hybridized carbons (Fsp3) is 0.500. The number of aliphatic carboxylic acids is 1. The van der Waals surface area contributed by atoms with Gasteiger partial charge in [0.05, 0.1) is 7.11 Å². The predicted octanol–water partition coefficient (Wildman–Crippen LogP) is 2.65. The first kappa shape index (κ1) is 17.8. The number of hydrogen-bond donors (Lipinski definition) is 2. The number of carbonyl (C=O) groups is 2. The number of rotatable bonds is 8. The number of phenolic OH excluding ortho intramolecular Hbond substituents is 1. The molecule has 0 aliphatic heterocycles. The lowest BCUT2D eigenvalue weighted by Gasteiger charge is -2.27. The standard InChI is InChI=1S/C16H23NO5/c1-3-4-5-10-17(16(21)22-2)14(15(19)20)11-12-6-8-13(18)9-7-12/h6-9,14,18H,3-5,10-11H2,1-2H3,(H,19,20). The molecule has 1 amide bonds. The van der Waals surface area contributed by atoms with Gasteiger partial charge in [-0.3, -0.25) is 4.90 Å². The summed E-state index contributed by atoms with van der Waals surface area (Å²) in [6.45, 7) is 2.38. The zero-order chi connectivity index (χ0) is 16.5. The first-order chi connectivity index (χ1) is 10.5. The van der Waals surface area contributed by atoms with E-state index in [1.807, 2.05) is 6.92 Å². The van der Waals surface area contributed by atoms with Gasteiger partial charge in [0.25, 0.3) is 0 Å². The van der Waals surface area contributed by atoms with Crippen LogP contribution in [0.2, 0.25) is 0 Å². The van der Waals surface area contributed by atoms with Gasteiger partial charge in [0.1, 0.15) is 11.8 Å². The van der Waals surface area contributed by atoms with Crippen molar-refractivity contribution in [1.82, 2.24) is 4.90 Å². The van der Waals surface area contributed by atoms with E-state index in [4.69, 9.17) is 4.74 Å². The molecule has 0 saturated heterocycles. The number of unbranched alkanes of at least 4 members (excludes halogenated alkanes) is 2. The zero-order valence-electron chi connectivity index (χ0n) is 13.0. The number of amides is 1. The number of phenols is 1. The number of carboxylic acids is 1. The Hall–Kier alpha value is -2.24. The Kier molecular flexibility index (Phi) is 7.22. The van der Waals surface area contributed by atoms with Crippen LogP contribution in [0.1, 0.15) is 31.7 Å². The van der Waals surface area contributed by atoms with Gasteiger partial charge >= 0.3 is 12.1 Å². The molecule has 1 aromatic carbocycles. The average molecular weight is 309 g/mol. The number of carbonyl (C=O) groups excluding carboxylic acids is 1. The molecule has 1 unspecified atom stereocenters. The minimum Gasteiger partial charge on any atom is -0.508 e. The molecule has 1 rings (SSSR count). The maximum atomic E-state index is 11.9. The van der Waals surface area contributed by atoms with Crippen molar-refractivity contribution in [1.29, 1.82) is 0 Å². The summed E-state index contributed by atoms with van der Waals surface area (Å²) in [4.78, 5) is 24.7. The summed E-state index contributed by atoms with van der Waals surface area (Å²) < 4.78 is 4.71. The van der Waals surface area contributed by atoms with E-state index in [1.54, 1.807) is 12.1 Å². The van der Waals surface area contributed by atoms with Crippen molar-refractivity contribution in [3.8, 4) is 5.75 Å². The van der Waals surface area contributed by atoms with E-state index < -0.39 is 18.1 Å². The van der Waals surface area contributed by atoms with Crippen LogP contribution < -0.4 is 0 Å². The number of methoxy groups -OCH3 is 1. The van der Waals surface area contributed by atoms with E-state index in [0.29, 0.717) is 6.54 Å². The molecule has 0 aliphatic carbocycles. The third-order valence-corrected chi connectivity index (χ3v) is 3.44. The van der Waals surface area contributed by atoms with E-state index in [-0.39, 0.29) is 12.2 Å². The van der Waals surface area contributed by atoms with Gasteiger partial charge in [0.2, 0.25) is 0 Å². The first-order valence-electron chi connectivity index (χ1n) is 7.34. The van der Waals surface area contributed by atoms with Gasteiger partial charge in [-0.2, -0.15) is 0 Å². The smallest absolute Gasteiger partial charge is 0.410 e. The number of aromatic hydroxyl groups is 1. The Bertz CT molecular complexity index is 486. The molecule has 0 saturated carbocycles. The van der Waals surface area contributed by atoms with E-state index in [9.17, 15) is 19.8 Å². The number of hydrogen-bond acceptors (Lipinski definition) is 4. The van der Waals surface area contributed by atoms with Crippen LogP contribution >= 0.6 is 0 Å². The Balaban J connectivity index is 2.89. The van der Waals surface area contributed by atoms with Gasteiger partial charge < -0.3 is 14.9 Å². The van der Waals surface area contributed by atoms with Crippen molar-refractivity contribution in [2.75, 3.05) is 13.7 Å². The van der Waals surface area contributed by atoms with Crippen molar-refractivity contribution in [3.05, 3.63) is 29.8 Å². The molecule has 0 fully saturated rings. The van der Waals surface area contributed by atoms with Gasteiger partial charge in [-0.05, 0) is 24.1 Å². The summed E-state index contributed by atoms with van der Waals surface area (Å²) in [5, 5.41) is 18.7. The van der Waals surface area contributed by atoms with Gasteiger partial charge in [-0.15, -0.1) is 0 Å². The molecule has 6 nitrogen and oxygen atoms in total. The van der Waals surface area contributed by atoms with Crippen LogP contribution in [0.15, 0.2) is 24.3 Å². The fourth-order valence-corrected chi connectivity index (χ4v) is 2.21.